The van der Waals surface area contributed by atoms with Crippen LogP contribution in [-0.2, 0) is 0 Å². The SMILES string of the molecule is CC.Clc1ccccc1Br. The summed E-state index contributed by atoms with van der Waals surface area (Å²) >= 11 is 8.93. The van der Waals surface area contributed by atoms with Crippen LogP contribution in [0.2, 0.25) is 5.02 Å². The lowest BCUT2D eigenvalue weighted by molar-refractivity contribution is 1.50. The molecule has 2 heteroatoms. The Morgan fingerprint density at radius 2 is 1.70 bits per heavy atom. The third-order valence-corrected chi connectivity index (χ3v) is 2.07. The van der Waals surface area contributed by atoms with E-state index in [1.54, 1.807) is 0 Å². The van der Waals surface area contributed by atoms with E-state index in [-0.39, 0.29) is 0 Å². The summed E-state index contributed by atoms with van der Waals surface area (Å²) in [4.78, 5) is 0. The van der Waals surface area contributed by atoms with E-state index in [2.05, 4.69) is 15.9 Å². The lowest BCUT2D eigenvalue weighted by Gasteiger charge is -1.88. The maximum absolute atomic E-state index is 5.66. The lowest BCUT2D eigenvalue weighted by atomic mass is 10.4. The summed E-state index contributed by atoms with van der Waals surface area (Å²) in [6.07, 6.45) is 0. The highest BCUT2D eigenvalue weighted by Gasteiger charge is 1.88. The fourth-order valence-electron chi connectivity index (χ4n) is 0.439. The highest BCUT2D eigenvalue weighted by Crippen LogP contribution is 2.20. The molecule has 0 spiro atoms. The smallest absolute Gasteiger partial charge is 0.0548 e. The van der Waals surface area contributed by atoms with Gasteiger partial charge in [0.05, 0.1) is 5.02 Å². The molecule has 0 nitrogen and oxygen atoms in total. The van der Waals surface area contributed by atoms with Gasteiger partial charge in [-0.05, 0) is 28.1 Å². The van der Waals surface area contributed by atoms with Gasteiger partial charge in [0.25, 0.3) is 0 Å². The molecule has 0 fully saturated rings. The fourth-order valence-corrected chi connectivity index (χ4v) is 0.860. The molecule has 0 aliphatic rings. The Labute approximate surface area is 75.3 Å². The largest absolute Gasteiger partial charge is 0.0831 e. The molecule has 0 bridgehead atoms. The van der Waals surface area contributed by atoms with E-state index in [1.165, 1.54) is 0 Å². The minimum absolute atomic E-state index is 0.757. The predicted molar refractivity (Wildman–Crippen MR) is 50.5 cm³/mol. The van der Waals surface area contributed by atoms with Gasteiger partial charge in [-0.15, -0.1) is 0 Å². The summed E-state index contributed by atoms with van der Waals surface area (Å²) in [6, 6.07) is 7.57. The van der Waals surface area contributed by atoms with Crippen molar-refractivity contribution in [3.8, 4) is 0 Å². The first kappa shape index (κ1) is 9.99. The van der Waals surface area contributed by atoms with Crippen molar-refractivity contribution in [3.05, 3.63) is 33.8 Å². The van der Waals surface area contributed by atoms with Crippen molar-refractivity contribution < 1.29 is 0 Å². The second-order valence-electron chi connectivity index (χ2n) is 1.41. The van der Waals surface area contributed by atoms with Crippen molar-refractivity contribution in [2.24, 2.45) is 0 Å². The summed E-state index contributed by atoms with van der Waals surface area (Å²) in [5.41, 5.74) is 0. The molecule has 10 heavy (non-hydrogen) atoms. The highest BCUT2D eigenvalue weighted by molar-refractivity contribution is 9.10. The Bertz CT molecular complexity index is 165. The summed E-state index contributed by atoms with van der Waals surface area (Å²) in [5, 5.41) is 0.757. The number of halogens is 2. The minimum Gasteiger partial charge on any atom is -0.0831 e. The summed E-state index contributed by atoms with van der Waals surface area (Å²) in [5.74, 6) is 0. The third kappa shape index (κ3) is 3.23. The van der Waals surface area contributed by atoms with Crippen molar-refractivity contribution >= 4 is 27.5 Å². The second-order valence-corrected chi connectivity index (χ2v) is 2.68. The Kier molecular flexibility index (Phi) is 5.74. The fraction of sp³-hybridized carbons (Fsp3) is 0.250. The van der Waals surface area contributed by atoms with E-state index >= 15 is 0 Å². The summed E-state index contributed by atoms with van der Waals surface area (Å²) in [7, 11) is 0. The van der Waals surface area contributed by atoms with E-state index < -0.39 is 0 Å². The Morgan fingerprint density at radius 1 is 1.20 bits per heavy atom. The molecule has 0 saturated carbocycles. The van der Waals surface area contributed by atoms with Crippen LogP contribution in [0.3, 0.4) is 0 Å². The van der Waals surface area contributed by atoms with E-state index in [4.69, 9.17) is 11.6 Å². The maximum Gasteiger partial charge on any atom is 0.0548 e. The van der Waals surface area contributed by atoms with Crippen molar-refractivity contribution in [1.82, 2.24) is 0 Å². The van der Waals surface area contributed by atoms with Gasteiger partial charge in [0.1, 0.15) is 0 Å². The van der Waals surface area contributed by atoms with Gasteiger partial charge in [0.2, 0.25) is 0 Å². The van der Waals surface area contributed by atoms with E-state index in [9.17, 15) is 0 Å². The molecule has 56 valence electrons. The molecule has 1 rings (SSSR count). The Balaban J connectivity index is 0.000000371. The average molecular weight is 222 g/mol. The van der Waals surface area contributed by atoms with Crippen LogP contribution in [0.4, 0.5) is 0 Å². The zero-order valence-electron chi connectivity index (χ0n) is 6.07. The van der Waals surface area contributed by atoms with Crippen LogP contribution in [0, 0.1) is 0 Å². The first-order chi connectivity index (χ1) is 4.80. The molecule has 0 heterocycles. The number of hydrogen-bond donors (Lipinski definition) is 0. The van der Waals surface area contributed by atoms with Crippen LogP contribution in [0.5, 0.6) is 0 Å². The van der Waals surface area contributed by atoms with Crippen molar-refractivity contribution in [1.29, 1.82) is 0 Å². The predicted octanol–water partition coefficient (Wildman–Crippen LogP) is 4.13. The highest BCUT2D eigenvalue weighted by atomic mass is 79.9. The maximum atomic E-state index is 5.66. The van der Waals surface area contributed by atoms with E-state index in [1.807, 2.05) is 38.1 Å². The van der Waals surface area contributed by atoms with Gasteiger partial charge >= 0.3 is 0 Å². The van der Waals surface area contributed by atoms with E-state index in [0.717, 1.165) is 9.50 Å². The Hall–Kier alpha value is -0.0100. The van der Waals surface area contributed by atoms with Gasteiger partial charge in [-0.3, -0.25) is 0 Å². The van der Waals surface area contributed by atoms with Crippen molar-refractivity contribution in [2.45, 2.75) is 13.8 Å². The number of benzene rings is 1. The molecule has 0 unspecified atom stereocenters. The van der Waals surface area contributed by atoms with Gasteiger partial charge in [-0.2, -0.15) is 0 Å². The molecular weight excluding hydrogens is 211 g/mol. The minimum atomic E-state index is 0.757. The molecular formula is C8H10BrCl. The topological polar surface area (TPSA) is 0 Å². The summed E-state index contributed by atoms with van der Waals surface area (Å²) in [6.45, 7) is 4.00. The molecule has 0 aliphatic heterocycles. The van der Waals surface area contributed by atoms with Crippen molar-refractivity contribution in [3.63, 3.8) is 0 Å². The first-order valence-corrected chi connectivity index (χ1v) is 4.38. The normalized spacial score (nSPS) is 8.00. The van der Waals surface area contributed by atoms with Crippen molar-refractivity contribution in [2.75, 3.05) is 0 Å². The number of rotatable bonds is 0. The van der Waals surface area contributed by atoms with Crippen LogP contribution >= 0.6 is 27.5 Å². The Morgan fingerprint density at radius 3 is 2.00 bits per heavy atom. The number of hydrogen-bond acceptors (Lipinski definition) is 0. The van der Waals surface area contributed by atoms with Crippen LogP contribution in [-0.4, -0.2) is 0 Å². The molecule has 1 aromatic carbocycles. The molecule has 0 aliphatic carbocycles. The molecule has 0 aromatic heterocycles. The monoisotopic (exact) mass is 220 g/mol. The molecule has 0 amide bonds. The molecule has 1 aromatic rings. The molecule has 0 N–H and O–H groups in total. The quantitative estimate of drug-likeness (QED) is 0.618. The van der Waals surface area contributed by atoms with Crippen LogP contribution in [0.1, 0.15) is 13.8 Å². The van der Waals surface area contributed by atoms with Gasteiger partial charge in [0.15, 0.2) is 0 Å². The van der Waals surface area contributed by atoms with Crippen LogP contribution < -0.4 is 0 Å². The van der Waals surface area contributed by atoms with Gasteiger partial charge in [-0.1, -0.05) is 37.6 Å². The van der Waals surface area contributed by atoms with Crippen LogP contribution in [0.15, 0.2) is 28.7 Å². The zero-order chi connectivity index (χ0) is 7.98. The summed E-state index contributed by atoms with van der Waals surface area (Å²) < 4.78 is 0.946. The zero-order valence-corrected chi connectivity index (χ0v) is 8.41. The van der Waals surface area contributed by atoms with Gasteiger partial charge < -0.3 is 0 Å². The third-order valence-electron chi connectivity index (χ3n) is 0.824. The second kappa shape index (κ2) is 5.75. The lowest BCUT2D eigenvalue weighted by Crippen LogP contribution is -1.62. The average Bonchev–Trinajstić information content (AvgIpc) is 2.00. The first-order valence-electron chi connectivity index (χ1n) is 3.21. The standard InChI is InChI=1S/C6H4BrCl.C2H6/c7-5-3-1-2-4-6(5)8;1-2/h1-4H;1-2H3. The molecule has 0 atom stereocenters. The molecule has 0 radical (unpaired) electrons. The van der Waals surface area contributed by atoms with Gasteiger partial charge in [0, 0.05) is 4.47 Å². The molecule has 0 saturated heterocycles. The van der Waals surface area contributed by atoms with Gasteiger partial charge in [-0.25, -0.2) is 0 Å². The van der Waals surface area contributed by atoms with E-state index in [0.29, 0.717) is 0 Å². The van der Waals surface area contributed by atoms with Crippen LogP contribution in [0.25, 0.3) is 0 Å².